The second kappa shape index (κ2) is 8.11. The van der Waals surface area contributed by atoms with E-state index in [0.29, 0.717) is 19.6 Å². The molecule has 0 bridgehead atoms. The summed E-state index contributed by atoms with van der Waals surface area (Å²) in [5.74, 6) is -0.233. The SMILES string of the molecule is N=C(N)NCCCCC(=O)OCc1ccccc1. The van der Waals surface area contributed by atoms with Crippen molar-refractivity contribution in [3.05, 3.63) is 35.9 Å². The molecule has 4 N–H and O–H groups in total. The van der Waals surface area contributed by atoms with E-state index in [9.17, 15) is 4.79 Å². The van der Waals surface area contributed by atoms with E-state index >= 15 is 0 Å². The van der Waals surface area contributed by atoms with Gasteiger partial charge in [0.25, 0.3) is 0 Å². The Kier molecular flexibility index (Phi) is 6.32. The molecule has 0 atom stereocenters. The number of guanidine groups is 1. The quantitative estimate of drug-likeness (QED) is 0.295. The van der Waals surface area contributed by atoms with Gasteiger partial charge in [-0.05, 0) is 18.4 Å². The van der Waals surface area contributed by atoms with Crippen LogP contribution in [0.5, 0.6) is 0 Å². The molecular weight excluding hydrogens is 230 g/mol. The molecule has 1 aromatic rings. The minimum Gasteiger partial charge on any atom is -0.461 e. The Hall–Kier alpha value is -2.04. The third kappa shape index (κ3) is 6.52. The number of nitrogens with one attached hydrogen (secondary N) is 2. The second-order valence-corrected chi connectivity index (χ2v) is 3.94. The highest BCUT2D eigenvalue weighted by Gasteiger charge is 2.02. The third-order valence-corrected chi connectivity index (χ3v) is 2.37. The molecule has 0 fully saturated rings. The Balaban J connectivity index is 2.06. The Labute approximate surface area is 107 Å². The summed E-state index contributed by atoms with van der Waals surface area (Å²) in [4.78, 5) is 11.4. The van der Waals surface area contributed by atoms with Gasteiger partial charge in [-0.25, -0.2) is 0 Å². The Morgan fingerprint density at radius 2 is 2.00 bits per heavy atom. The van der Waals surface area contributed by atoms with Crippen molar-refractivity contribution in [3.8, 4) is 0 Å². The van der Waals surface area contributed by atoms with E-state index < -0.39 is 0 Å². The van der Waals surface area contributed by atoms with Crippen LogP contribution in [0, 0.1) is 5.41 Å². The topological polar surface area (TPSA) is 88.2 Å². The molecule has 0 amide bonds. The highest BCUT2D eigenvalue weighted by atomic mass is 16.5. The molecule has 0 radical (unpaired) electrons. The fourth-order valence-corrected chi connectivity index (χ4v) is 1.43. The summed E-state index contributed by atoms with van der Waals surface area (Å²) >= 11 is 0. The van der Waals surface area contributed by atoms with Crippen LogP contribution >= 0.6 is 0 Å². The van der Waals surface area contributed by atoms with E-state index in [-0.39, 0.29) is 11.9 Å². The van der Waals surface area contributed by atoms with Crippen LogP contribution < -0.4 is 11.1 Å². The molecule has 0 aliphatic heterocycles. The summed E-state index contributed by atoms with van der Waals surface area (Å²) in [7, 11) is 0. The lowest BCUT2D eigenvalue weighted by atomic mass is 10.2. The summed E-state index contributed by atoms with van der Waals surface area (Å²) in [6.45, 7) is 0.937. The minimum atomic E-state index is -0.193. The first kappa shape index (κ1) is 14.0. The fourth-order valence-electron chi connectivity index (χ4n) is 1.43. The van der Waals surface area contributed by atoms with Crippen molar-refractivity contribution in [1.29, 1.82) is 5.41 Å². The van der Waals surface area contributed by atoms with E-state index in [1.807, 2.05) is 30.3 Å². The van der Waals surface area contributed by atoms with Crippen LogP contribution in [0.15, 0.2) is 30.3 Å². The molecule has 0 aliphatic rings. The molecule has 0 aromatic heterocycles. The standard InChI is InChI=1S/C13H19N3O2/c14-13(15)16-9-5-4-8-12(17)18-10-11-6-2-1-3-7-11/h1-3,6-7H,4-5,8-10H2,(H4,14,15,16). The van der Waals surface area contributed by atoms with E-state index in [0.717, 1.165) is 18.4 Å². The molecular formula is C13H19N3O2. The zero-order valence-corrected chi connectivity index (χ0v) is 10.3. The van der Waals surface area contributed by atoms with Gasteiger partial charge in [-0.3, -0.25) is 10.2 Å². The van der Waals surface area contributed by atoms with Crippen molar-refractivity contribution in [1.82, 2.24) is 5.32 Å². The predicted octanol–water partition coefficient (Wildman–Crippen LogP) is 1.38. The first-order valence-corrected chi connectivity index (χ1v) is 5.96. The van der Waals surface area contributed by atoms with Crippen molar-refractivity contribution in [2.45, 2.75) is 25.9 Å². The molecule has 5 heteroatoms. The van der Waals surface area contributed by atoms with Crippen LogP contribution in [0.4, 0.5) is 0 Å². The number of rotatable bonds is 7. The monoisotopic (exact) mass is 249 g/mol. The molecule has 1 rings (SSSR count). The van der Waals surface area contributed by atoms with Crippen molar-refractivity contribution < 1.29 is 9.53 Å². The number of nitrogens with two attached hydrogens (primary N) is 1. The molecule has 98 valence electrons. The lowest BCUT2D eigenvalue weighted by Gasteiger charge is -2.05. The van der Waals surface area contributed by atoms with Gasteiger partial charge >= 0.3 is 5.97 Å². The van der Waals surface area contributed by atoms with E-state index in [1.165, 1.54) is 0 Å². The zero-order chi connectivity index (χ0) is 13.2. The summed E-state index contributed by atoms with van der Waals surface area (Å²) in [6.07, 6.45) is 1.92. The fraction of sp³-hybridized carbons (Fsp3) is 0.385. The maximum absolute atomic E-state index is 11.4. The minimum absolute atomic E-state index is 0.0401. The van der Waals surface area contributed by atoms with Crippen LogP contribution in [0.25, 0.3) is 0 Å². The highest BCUT2D eigenvalue weighted by molar-refractivity contribution is 5.74. The van der Waals surface area contributed by atoms with Gasteiger partial charge in [0.05, 0.1) is 0 Å². The van der Waals surface area contributed by atoms with E-state index in [1.54, 1.807) is 0 Å². The molecule has 0 saturated carbocycles. The van der Waals surface area contributed by atoms with Gasteiger partial charge in [-0.15, -0.1) is 0 Å². The van der Waals surface area contributed by atoms with Crippen LogP contribution in [0.1, 0.15) is 24.8 Å². The molecule has 18 heavy (non-hydrogen) atoms. The van der Waals surface area contributed by atoms with Gasteiger partial charge in [0.15, 0.2) is 5.96 Å². The van der Waals surface area contributed by atoms with Crippen LogP contribution in [0.3, 0.4) is 0 Å². The summed E-state index contributed by atoms with van der Waals surface area (Å²) in [5, 5.41) is 9.64. The lowest BCUT2D eigenvalue weighted by Crippen LogP contribution is -2.30. The number of carbonyl (C=O) groups excluding carboxylic acids is 1. The van der Waals surface area contributed by atoms with Crippen LogP contribution in [-0.4, -0.2) is 18.5 Å². The lowest BCUT2D eigenvalue weighted by molar-refractivity contribution is -0.145. The largest absolute Gasteiger partial charge is 0.461 e. The predicted molar refractivity (Wildman–Crippen MR) is 70.0 cm³/mol. The van der Waals surface area contributed by atoms with Gasteiger partial charge in [0.1, 0.15) is 6.61 Å². The maximum atomic E-state index is 11.4. The van der Waals surface area contributed by atoms with Crippen molar-refractivity contribution in [3.63, 3.8) is 0 Å². The van der Waals surface area contributed by atoms with Crippen LogP contribution in [-0.2, 0) is 16.1 Å². The molecule has 0 heterocycles. The molecule has 0 unspecified atom stereocenters. The summed E-state index contributed by atoms with van der Waals surface area (Å²) in [6, 6.07) is 9.59. The average molecular weight is 249 g/mol. The number of esters is 1. The van der Waals surface area contributed by atoms with Crippen molar-refractivity contribution >= 4 is 11.9 Å². The molecule has 5 nitrogen and oxygen atoms in total. The van der Waals surface area contributed by atoms with Gasteiger partial charge in [0, 0.05) is 13.0 Å². The first-order chi connectivity index (χ1) is 8.68. The molecule has 1 aromatic carbocycles. The van der Waals surface area contributed by atoms with Gasteiger partial charge < -0.3 is 15.8 Å². The Morgan fingerprint density at radius 3 is 2.67 bits per heavy atom. The van der Waals surface area contributed by atoms with Gasteiger partial charge in [-0.2, -0.15) is 0 Å². The summed E-state index contributed by atoms with van der Waals surface area (Å²) < 4.78 is 5.13. The maximum Gasteiger partial charge on any atom is 0.306 e. The first-order valence-electron chi connectivity index (χ1n) is 5.96. The zero-order valence-electron chi connectivity index (χ0n) is 10.3. The highest BCUT2D eigenvalue weighted by Crippen LogP contribution is 2.03. The van der Waals surface area contributed by atoms with Crippen molar-refractivity contribution in [2.75, 3.05) is 6.54 Å². The molecule has 0 aliphatic carbocycles. The molecule has 0 saturated heterocycles. The number of benzene rings is 1. The Morgan fingerprint density at radius 1 is 1.28 bits per heavy atom. The average Bonchev–Trinajstić information content (AvgIpc) is 2.37. The number of carbonyl (C=O) groups is 1. The van der Waals surface area contributed by atoms with E-state index in [2.05, 4.69) is 5.32 Å². The number of unbranched alkanes of at least 4 members (excludes halogenated alkanes) is 1. The van der Waals surface area contributed by atoms with E-state index in [4.69, 9.17) is 15.9 Å². The Bertz CT molecular complexity index is 379. The third-order valence-electron chi connectivity index (χ3n) is 2.37. The normalized spacial score (nSPS) is 9.78. The molecule has 0 spiro atoms. The van der Waals surface area contributed by atoms with Crippen molar-refractivity contribution in [2.24, 2.45) is 5.73 Å². The smallest absolute Gasteiger partial charge is 0.306 e. The number of hydrogen-bond donors (Lipinski definition) is 3. The second-order valence-electron chi connectivity index (χ2n) is 3.94. The number of ether oxygens (including phenoxy) is 1. The number of hydrogen-bond acceptors (Lipinski definition) is 3. The van der Waals surface area contributed by atoms with Gasteiger partial charge in [0.2, 0.25) is 0 Å². The summed E-state index contributed by atoms with van der Waals surface area (Å²) in [5.41, 5.74) is 6.12. The van der Waals surface area contributed by atoms with Crippen LogP contribution in [0.2, 0.25) is 0 Å². The van der Waals surface area contributed by atoms with Gasteiger partial charge in [-0.1, -0.05) is 30.3 Å².